The van der Waals surface area contributed by atoms with E-state index in [1.54, 1.807) is 12.1 Å². The Morgan fingerprint density at radius 1 is 1.24 bits per heavy atom. The number of hydrogen-bond acceptors (Lipinski definition) is 3. The summed E-state index contributed by atoms with van der Waals surface area (Å²) in [7, 11) is 0. The number of aryl methyl sites for hydroxylation is 1. The summed E-state index contributed by atoms with van der Waals surface area (Å²) in [6.07, 6.45) is 0.756. The van der Waals surface area contributed by atoms with Gasteiger partial charge in [0.05, 0.1) is 0 Å². The van der Waals surface area contributed by atoms with Crippen molar-refractivity contribution in [3.8, 4) is 0 Å². The molecule has 0 radical (unpaired) electrons. The lowest BCUT2D eigenvalue weighted by Crippen LogP contribution is -2.07. The van der Waals surface area contributed by atoms with E-state index in [-0.39, 0.29) is 19.0 Å². The van der Waals surface area contributed by atoms with Gasteiger partial charge in [-0.2, -0.15) is 0 Å². The third-order valence-corrected chi connectivity index (χ3v) is 3.21. The minimum Gasteiger partial charge on any atom is -0.461 e. The summed E-state index contributed by atoms with van der Waals surface area (Å²) >= 11 is 5.65. The minimum absolute atomic E-state index is 0.0984. The van der Waals surface area contributed by atoms with Crippen LogP contribution in [-0.2, 0) is 22.6 Å². The van der Waals surface area contributed by atoms with E-state index in [9.17, 15) is 9.18 Å². The molecule has 110 valence electrons. The van der Waals surface area contributed by atoms with Crippen molar-refractivity contribution < 1.29 is 13.9 Å². The van der Waals surface area contributed by atoms with E-state index in [0.29, 0.717) is 22.7 Å². The smallest absolute Gasteiger partial charge is 0.306 e. The second-order valence-corrected chi connectivity index (χ2v) is 5.08. The molecule has 0 spiro atoms. The van der Waals surface area contributed by atoms with Crippen LogP contribution in [0.3, 0.4) is 0 Å². The van der Waals surface area contributed by atoms with Crippen molar-refractivity contribution in [2.24, 2.45) is 0 Å². The number of benzene rings is 2. The molecule has 0 saturated heterocycles. The number of halogens is 2. The van der Waals surface area contributed by atoms with Crippen LogP contribution in [0.25, 0.3) is 0 Å². The van der Waals surface area contributed by atoms with Crippen molar-refractivity contribution in [3.05, 3.63) is 64.4 Å². The molecule has 0 saturated carbocycles. The lowest BCUT2D eigenvalue weighted by atomic mass is 10.1. The highest BCUT2D eigenvalue weighted by Crippen LogP contribution is 2.16. The average molecular weight is 308 g/mol. The zero-order valence-electron chi connectivity index (χ0n) is 11.3. The van der Waals surface area contributed by atoms with E-state index >= 15 is 0 Å². The topological polar surface area (TPSA) is 52.3 Å². The quantitative estimate of drug-likeness (QED) is 0.676. The van der Waals surface area contributed by atoms with Crippen LogP contribution in [0.4, 0.5) is 10.1 Å². The summed E-state index contributed by atoms with van der Waals surface area (Å²) in [5.41, 5.74) is 7.58. The molecule has 0 bridgehead atoms. The molecule has 0 amide bonds. The number of carbonyl (C=O) groups is 1. The van der Waals surface area contributed by atoms with E-state index in [1.807, 2.05) is 18.2 Å². The van der Waals surface area contributed by atoms with Gasteiger partial charge in [-0.3, -0.25) is 4.79 Å². The third-order valence-electron chi connectivity index (χ3n) is 2.97. The molecule has 0 atom stereocenters. The van der Waals surface area contributed by atoms with Gasteiger partial charge < -0.3 is 10.5 Å². The largest absolute Gasteiger partial charge is 0.461 e. The fourth-order valence-corrected chi connectivity index (χ4v) is 2.02. The molecule has 0 aromatic heterocycles. The van der Waals surface area contributed by atoms with Crippen molar-refractivity contribution in [2.45, 2.75) is 19.4 Å². The molecule has 0 unspecified atom stereocenters. The second-order valence-electron chi connectivity index (χ2n) is 4.64. The molecule has 2 rings (SSSR count). The number of rotatable bonds is 5. The maximum absolute atomic E-state index is 13.5. The molecule has 5 heteroatoms. The summed E-state index contributed by atoms with van der Waals surface area (Å²) < 4.78 is 18.6. The SMILES string of the molecule is Nc1cccc(CCC(=O)OCc2ccc(Cl)cc2F)c1. The highest BCUT2D eigenvalue weighted by atomic mass is 35.5. The number of ether oxygens (including phenoxy) is 1. The highest BCUT2D eigenvalue weighted by Gasteiger charge is 2.08. The van der Waals surface area contributed by atoms with Crippen molar-refractivity contribution in [1.82, 2.24) is 0 Å². The summed E-state index contributed by atoms with van der Waals surface area (Å²) in [5, 5.41) is 0.309. The molecule has 2 N–H and O–H groups in total. The number of hydrogen-bond donors (Lipinski definition) is 1. The molecule has 2 aromatic carbocycles. The monoisotopic (exact) mass is 307 g/mol. The van der Waals surface area contributed by atoms with Gasteiger partial charge in [-0.05, 0) is 36.2 Å². The number of anilines is 1. The van der Waals surface area contributed by atoms with Crippen molar-refractivity contribution in [2.75, 3.05) is 5.73 Å². The van der Waals surface area contributed by atoms with Crippen LogP contribution in [0.1, 0.15) is 17.5 Å². The first kappa shape index (κ1) is 15.3. The lowest BCUT2D eigenvalue weighted by Gasteiger charge is -2.06. The van der Waals surface area contributed by atoms with Gasteiger partial charge in [-0.1, -0.05) is 29.8 Å². The Balaban J connectivity index is 1.82. The van der Waals surface area contributed by atoms with Gasteiger partial charge in [0.1, 0.15) is 12.4 Å². The molecular formula is C16H15ClFNO2. The Labute approximate surface area is 127 Å². The molecule has 21 heavy (non-hydrogen) atoms. The summed E-state index contributed by atoms with van der Waals surface area (Å²) in [6.45, 7) is -0.0984. The Morgan fingerprint density at radius 3 is 2.76 bits per heavy atom. The Morgan fingerprint density at radius 2 is 2.05 bits per heavy atom. The fourth-order valence-electron chi connectivity index (χ4n) is 1.86. The van der Waals surface area contributed by atoms with Gasteiger partial charge >= 0.3 is 5.97 Å². The molecule has 3 nitrogen and oxygen atoms in total. The molecule has 0 heterocycles. The van der Waals surface area contributed by atoms with E-state index in [1.165, 1.54) is 12.1 Å². The average Bonchev–Trinajstić information content (AvgIpc) is 2.44. The highest BCUT2D eigenvalue weighted by molar-refractivity contribution is 6.30. The Bertz CT molecular complexity index is 646. The molecule has 0 fully saturated rings. The number of carbonyl (C=O) groups excluding carboxylic acids is 1. The van der Waals surface area contributed by atoms with Crippen LogP contribution in [0.2, 0.25) is 5.02 Å². The zero-order chi connectivity index (χ0) is 15.2. The van der Waals surface area contributed by atoms with Crippen molar-refractivity contribution in [1.29, 1.82) is 0 Å². The van der Waals surface area contributed by atoms with Crippen LogP contribution in [0.15, 0.2) is 42.5 Å². The molecular weight excluding hydrogens is 293 g/mol. The van der Waals surface area contributed by atoms with Gasteiger partial charge in [0.2, 0.25) is 0 Å². The predicted octanol–water partition coefficient (Wildman–Crippen LogP) is 3.74. The summed E-state index contributed by atoms with van der Waals surface area (Å²) in [4.78, 5) is 11.7. The standard InChI is InChI=1S/C16H15ClFNO2/c17-13-6-5-12(15(18)9-13)10-21-16(20)7-4-11-2-1-3-14(19)8-11/h1-3,5-6,8-9H,4,7,10,19H2. The third kappa shape index (κ3) is 4.76. The zero-order valence-corrected chi connectivity index (χ0v) is 12.1. The molecule has 0 aliphatic heterocycles. The predicted molar refractivity (Wildman–Crippen MR) is 80.4 cm³/mol. The maximum atomic E-state index is 13.5. The first-order valence-electron chi connectivity index (χ1n) is 6.48. The number of nitrogens with two attached hydrogens (primary N) is 1. The number of esters is 1. The Kier molecular flexibility index (Phi) is 5.17. The normalized spacial score (nSPS) is 10.4. The van der Waals surface area contributed by atoms with Crippen LogP contribution in [0, 0.1) is 5.82 Å². The van der Waals surface area contributed by atoms with Gasteiger partial charge in [-0.25, -0.2) is 4.39 Å². The van der Waals surface area contributed by atoms with Gasteiger partial charge in [-0.15, -0.1) is 0 Å². The van der Waals surface area contributed by atoms with Crippen LogP contribution >= 0.6 is 11.6 Å². The van der Waals surface area contributed by atoms with Crippen LogP contribution < -0.4 is 5.73 Å². The Hall–Kier alpha value is -2.07. The van der Waals surface area contributed by atoms with E-state index in [0.717, 1.165) is 5.56 Å². The first-order valence-corrected chi connectivity index (χ1v) is 6.86. The fraction of sp³-hybridized carbons (Fsp3) is 0.188. The summed E-state index contributed by atoms with van der Waals surface area (Å²) in [6, 6.07) is 11.6. The van der Waals surface area contributed by atoms with Gasteiger partial charge in [0, 0.05) is 22.7 Å². The van der Waals surface area contributed by atoms with Crippen molar-refractivity contribution >= 4 is 23.3 Å². The van der Waals surface area contributed by atoms with E-state index in [4.69, 9.17) is 22.1 Å². The van der Waals surface area contributed by atoms with E-state index < -0.39 is 5.82 Å². The lowest BCUT2D eigenvalue weighted by molar-refractivity contribution is -0.144. The first-order chi connectivity index (χ1) is 10.0. The molecule has 0 aliphatic carbocycles. The molecule has 0 aliphatic rings. The second kappa shape index (κ2) is 7.09. The van der Waals surface area contributed by atoms with Gasteiger partial charge in [0.15, 0.2) is 0 Å². The van der Waals surface area contributed by atoms with E-state index in [2.05, 4.69) is 0 Å². The van der Waals surface area contributed by atoms with Crippen LogP contribution in [-0.4, -0.2) is 5.97 Å². The summed E-state index contributed by atoms with van der Waals surface area (Å²) in [5.74, 6) is -0.863. The van der Waals surface area contributed by atoms with Gasteiger partial charge in [0.25, 0.3) is 0 Å². The number of nitrogen functional groups attached to an aromatic ring is 1. The maximum Gasteiger partial charge on any atom is 0.306 e. The van der Waals surface area contributed by atoms with Crippen molar-refractivity contribution in [3.63, 3.8) is 0 Å². The molecule has 2 aromatic rings. The minimum atomic E-state index is -0.480. The van der Waals surface area contributed by atoms with Crippen LogP contribution in [0.5, 0.6) is 0 Å².